The molecule has 4 heteroatoms. The van der Waals surface area contributed by atoms with E-state index in [4.69, 9.17) is 0 Å². The molecule has 3 nitrogen and oxygen atoms in total. The van der Waals surface area contributed by atoms with Crippen molar-refractivity contribution in [2.45, 2.75) is 52.5 Å². The van der Waals surface area contributed by atoms with Gasteiger partial charge in [-0.25, -0.2) is 13.1 Å². The van der Waals surface area contributed by atoms with E-state index in [1.54, 1.807) is 0 Å². The highest BCUT2D eigenvalue weighted by atomic mass is 32.2. The average molecular weight is 233 g/mol. The van der Waals surface area contributed by atoms with Gasteiger partial charge in [-0.15, -0.1) is 0 Å². The first kappa shape index (κ1) is 13.0. The van der Waals surface area contributed by atoms with Crippen molar-refractivity contribution in [2.24, 2.45) is 11.8 Å². The minimum Gasteiger partial charge on any atom is -0.212 e. The number of sulfonamides is 1. The molecule has 1 saturated carbocycles. The molecule has 0 aromatic rings. The monoisotopic (exact) mass is 233 g/mol. The molecule has 0 bridgehead atoms. The van der Waals surface area contributed by atoms with Crippen molar-refractivity contribution in [3.05, 3.63) is 0 Å². The number of hydrogen-bond acceptors (Lipinski definition) is 2. The van der Waals surface area contributed by atoms with Gasteiger partial charge in [0.15, 0.2) is 0 Å². The summed E-state index contributed by atoms with van der Waals surface area (Å²) in [5.74, 6) is 1.35. The maximum Gasteiger partial charge on any atom is 0.211 e. The van der Waals surface area contributed by atoms with E-state index in [2.05, 4.69) is 18.6 Å². The molecule has 1 fully saturated rings. The van der Waals surface area contributed by atoms with Gasteiger partial charge < -0.3 is 0 Å². The summed E-state index contributed by atoms with van der Waals surface area (Å²) in [5, 5.41) is 0. The van der Waals surface area contributed by atoms with E-state index in [-0.39, 0.29) is 11.8 Å². The van der Waals surface area contributed by atoms with E-state index >= 15 is 0 Å². The van der Waals surface area contributed by atoms with Gasteiger partial charge in [0, 0.05) is 6.04 Å². The first-order valence-corrected chi connectivity index (χ1v) is 7.61. The lowest BCUT2D eigenvalue weighted by molar-refractivity contribution is 0.227. The highest BCUT2D eigenvalue weighted by Crippen LogP contribution is 2.29. The van der Waals surface area contributed by atoms with Crippen molar-refractivity contribution in [3.8, 4) is 0 Å². The Hall–Kier alpha value is -0.0900. The van der Waals surface area contributed by atoms with Crippen molar-refractivity contribution >= 4 is 10.0 Å². The molecule has 0 aliphatic heterocycles. The predicted molar refractivity (Wildman–Crippen MR) is 63.2 cm³/mol. The molecule has 0 radical (unpaired) electrons. The van der Waals surface area contributed by atoms with E-state index < -0.39 is 10.0 Å². The lowest BCUT2D eigenvalue weighted by Crippen LogP contribution is -2.44. The molecular weight excluding hydrogens is 210 g/mol. The van der Waals surface area contributed by atoms with Crippen molar-refractivity contribution in [3.63, 3.8) is 0 Å². The van der Waals surface area contributed by atoms with Crippen LogP contribution in [0.2, 0.25) is 0 Å². The molecule has 1 rings (SSSR count). The molecule has 15 heavy (non-hydrogen) atoms. The highest BCUT2D eigenvalue weighted by molar-refractivity contribution is 7.89. The van der Waals surface area contributed by atoms with Gasteiger partial charge in [0.2, 0.25) is 10.0 Å². The topological polar surface area (TPSA) is 46.2 Å². The Morgan fingerprint density at radius 3 is 2.53 bits per heavy atom. The Kier molecular flexibility index (Phi) is 4.59. The first-order valence-electron chi connectivity index (χ1n) is 5.96. The molecule has 1 N–H and O–H groups in total. The molecule has 0 heterocycles. The lowest BCUT2D eigenvalue weighted by atomic mass is 9.78. The van der Waals surface area contributed by atoms with Gasteiger partial charge in [-0.2, -0.15) is 0 Å². The third-order valence-corrected chi connectivity index (χ3v) is 5.12. The molecule has 1 aliphatic carbocycles. The Morgan fingerprint density at radius 2 is 1.93 bits per heavy atom. The SMILES string of the molecule is CCCS(=O)(=O)N[C@@H]1CCC[C@@H](C)[C@H]1C. The summed E-state index contributed by atoms with van der Waals surface area (Å²) in [7, 11) is -3.04. The summed E-state index contributed by atoms with van der Waals surface area (Å²) in [6.07, 6.45) is 4.05. The first-order chi connectivity index (χ1) is 6.96. The van der Waals surface area contributed by atoms with Crippen LogP contribution in [0.5, 0.6) is 0 Å². The molecule has 0 aromatic carbocycles. The van der Waals surface area contributed by atoms with Gasteiger partial charge in [-0.05, 0) is 24.7 Å². The minimum atomic E-state index is -3.04. The van der Waals surface area contributed by atoms with Gasteiger partial charge in [0.05, 0.1) is 5.75 Å². The van der Waals surface area contributed by atoms with Crippen molar-refractivity contribution in [1.82, 2.24) is 4.72 Å². The summed E-state index contributed by atoms with van der Waals surface area (Å²) < 4.78 is 26.1. The van der Waals surface area contributed by atoms with Crippen LogP contribution >= 0.6 is 0 Å². The maximum absolute atomic E-state index is 11.6. The molecule has 0 spiro atoms. The van der Waals surface area contributed by atoms with Crippen molar-refractivity contribution in [2.75, 3.05) is 5.75 Å². The van der Waals surface area contributed by atoms with Gasteiger partial charge in [-0.1, -0.05) is 33.6 Å². The fourth-order valence-electron chi connectivity index (χ4n) is 2.31. The molecule has 1 aliphatic rings. The van der Waals surface area contributed by atoms with E-state index in [0.717, 1.165) is 12.8 Å². The van der Waals surface area contributed by atoms with Crippen LogP contribution in [0.4, 0.5) is 0 Å². The van der Waals surface area contributed by atoms with Crippen LogP contribution in [-0.2, 0) is 10.0 Å². The van der Waals surface area contributed by atoms with E-state index in [0.29, 0.717) is 18.3 Å². The standard InChI is InChI=1S/C11H23NO2S/c1-4-8-15(13,14)12-11-7-5-6-9(2)10(11)3/h9-12H,4-8H2,1-3H3/t9-,10-,11-/m1/s1. The van der Waals surface area contributed by atoms with Gasteiger partial charge in [0.1, 0.15) is 0 Å². The fraction of sp³-hybridized carbons (Fsp3) is 1.00. The molecular formula is C11H23NO2S. The zero-order valence-electron chi connectivity index (χ0n) is 9.99. The van der Waals surface area contributed by atoms with Crippen LogP contribution in [-0.4, -0.2) is 20.2 Å². The largest absolute Gasteiger partial charge is 0.212 e. The molecule has 3 atom stereocenters. The second-order valence-corrected chi connectivity index (χ2v) is 6.68. The molecule has 90 valence electrons. The maximum atomic E-state index is 11.6. The Morgan fingerprint density at radius 1 is 1.27 bits per heavy atom. The third-order valence-electron chi connectivity index (χ3n) is 3.51. The van der Waals surface area contributed by atoms with Crippen LogP contribution < -0.4 is 4.72 Å². The summed E-state index contributed by atoms with van der Waals surface area (Å²) in [6, 6.07) is 0.158. The molecule has 0 aromatic heterocycles. The highest BCUT2D eigenvalue weighted by Gasteiger charge is 2.29. The predicted octanol–water partition coefficient (Wildman–Crippen LogP) is 2.14. The van der Waals surface area contributed by atoms with Gasteiger partial charge in [-0.3, -0.25) is 0 Å². The average Bonchev–Trinajstić information content (AvgIpc) is 2.12. The van der Waals surface area contributed by atoms with Crippen LogP contribution in [0.25, 0.3) is 0 Å². The number of hydrogen-bond donors (Lipinski definition) is 1. The van der Waals surface area contributed by atoms with Crippen LogP contribution in [0.3, 0.4) is 0 Å². The van der Waals surface area contributed by atoms with E-state index in [1.807, 2.05) is 6.92 Å². The summed E-state index contributed by atoms with van der Waals surface area (Å²) in [6.45, 7) is 6.26. The van der Waals surface area contributed by atoms with Crippen LogP contribution in [0, 0.1) is 11.8 Å². The third kappa shape index (κ3) is 3.76. The molecule has 0 unspecified atom stereocenters. The summed E-state index contributed by atoms with van der Waals surface area (Å²) in [4.78, 5) is 0. The smallest absolute Gasteiger partial charge is 0.211 e. The van der Waals surface area contributed by atoms with E-state index in [1.165, 1.54) is 6.42 Å². The van der Waals surface area contributed by atoms with Gasteiger partial charge >= 0.3 is 0 Å². The zero-order valence-corrected chi connectivity index (χ0v) is 10.8. The molecule has 0 amide bonds. The quantitative estimate of drug-likeness (QED) is 0.808. The number of rotatable bonds is 4. The summed E-state index contributed by atoms with van der Waals surface area (Å²) in [5.41, 5.74) is 0. The lowest BCUT2D eigenvalue weighted by Gasteiger charge is -2.34. The Balaban J connectivity index is 2.57. The van der Waals surface area contributed by atoms with Crippen molar-refractivity contribution < 1.29 is 8.42 Å². The second-order valence-electron chi connectivity index (χ2n) is 4.81. The second kappa shape index (κ2) is 5.30. The normalized spacial score (nSPS) is 32.9. The zero-order chi connectivity index (χ0) is 11.5. The van der Waals surface area contributed by atoms with E-state index in [9.17, 15) is 8.42 Å². The number of nitrogens with one attached hydrogen (secondary N) is 1. The van der Waals surface area contributed by atoms with Crippen LogP contribution in [0.1, 0.15) is 46.5 Å². The van der Waals surface area contributed by atoms with Crippen molar-refractivity contribution in [1.29, 1.82) is 0 Å². The summed E-state index contributed by atoms with van der Waals surface area (Å²) >= 11 is 0. The fourth-order valence-corrected chi connectivity index (χ4v) is 3.76. The minimum absolute atomic E-state index is 0.158. The Labute approximate surface area is 93.7 Å². The van der Waals surface area contributed by atoms with Crippen LogP contribution in [0.15, 0.2) is 0 Å². The molecule has 0 saturated heterocycles. The van der Waals surface area contributed by atoms with Gasteiger partial charge in [0.25, 0.3) is 0 Å². The Bertz CT molecular complexity index is 287.